The van der Waals surface area contributed by atoms with Crippen molar-refractivity contribution in [3.8, 4) is 0 Å². The van der Waals surface area contributed by atoms with E-state index < -0.39 is 0 Å². The first-order chi connectivity index (χ1) is 5.18. The quantitative estimate of drug-likeness (QED) is 0.515. The minimum Gasteiger partial charge on any atom is -0.299 e. The maximum Gasteiger partial charge on any atom is 0.143 e. The van der Waals surface area contributed by atoms with Crippen LogP contribution >= 0.6 is 0 Å². The Morgan fingerprint density at radius 2 is 2.27 bits per heavy atom. The summed E-state index contributed by atoms with van der Waals surface area (Å²) in [6.07, 6.45) is 1.82. The Hall–Kier alpha value is -0.660. The zero-order valence-corrected chi connectivity index (χ0v) is 7.00. The normalized spacial score (nSPS) is 42.5. The predicted molar refractivity (Wildman–Crippen MR) is 43.8 cm³/mol. The lowest BCUT2D eigenvalue weighted by Gasteiger charge is -2.36. The summed E-state index contributed by atoms with van der Waals surface area (Å²) in [7, 11) is 0. The predicted octanol–water partition coefficient (Wildman–Crippen LogP) is 1.44. The smallest absolute Gasteiger partial charge is 0.143 e. The molecule has 60 valence electrons. The van der Waals surface area contributed by atoms with Crippen molar-refractivity contribution in [1.29, 1.82) is 0 Å². The molecule has 0 aromatic carbocycles. The standard InChI is InChI=1S/C9H13NO/c1-5-3-7-4-8(11)9(5)6(2)10-7/h5,7,9H,3-4H2,1-2H3/t5-,7+,9+/m0/s1. The molecule has 0 unspecified atom stereocenters. The lowest BCUT2D eigenvalue weighted by atomic mass is 9.72. The van der Waals surface area contributed by atoms with E-state index in [9.17, 15) is 4.79 Å². The van der Waals surface area contributed by atoms with Gasteiger partial charge in [-0.05, 0) is 19.3 Å². The van der Waals surface area contributed by atoms with Gasteiger partial charge in [-0.2, -0.15) is 0 Å². The second-order valence-corrected chi connectivity index (χ2v) is 3.79. The van der Waals surface area contributed by atoms with E-state index >= 15 is 0 Å². The molecule has 11 heavy (non-hydrogen) atoms. The molecular weight excluding hydrogens is 138 g/mol. The van der Waals surface area contributed by atoms with E-state index in [1.54, 1.807) is 0 Å². The molecule has 0 aromatic rings. The number of hydrogen-bond donors (Lipinski definition) is 0. The number of Topliss-reactive ketones (excluding diaryl/α,β-unsaturated/α-hetero) is 1. The number of rotatable bonds is 0. The fourth-order valence-corrected chi connectivity index (χ4v) is 2.44. The molecule has 0 saturated heterocycles. The average Bonchev–Trinajstić information content (AvgIpc) is 1.82. The zero-order chi connectivity index (χ0) is 8.01. The van der Waals surface area contributed by atoms with Gasteiger partial charge in [0, 0.05) is 12.1 Å². The Morgan fingerprint density at radius 1 is 1.55 bits per heavy atom. The van der Waals surface area contributed by atoms with E-state index in [1.807, 2.05) is 6.92 Å². The summed E-state index contributed by atoms with van der Waals surface area (Å²) in [4.78, 5) is 15.8. The lowest BCUT2D eigenvalue weighted by Crippen LogP contribution is -2.42. The van der Waals surface area contributed by atoms with E-state index in [1.165, 1.54) is 0 Å². The minimum absolute atomic E-state index is 0.167. The van der Waals surface area contributed by atoms with Gasteiger partial charge in [0.2, 0.25) is 0 Å². The first-order valence-electron chi connectivity index (χ1n) is 4.25. The van der Waals surface area contributed by atoms with Crippen molar-refractivity contribution in [2.45, 2.75) is 32.7 Å². The number of nitrogens with zero attached hydrogens (tertiary/aromatic N) is 1. The van der Waals surface area contributed by atoms with Gasteiger partial charge in [0.1, 0.15) is 5.78 Å². The van der Waals surface area contributed by atoms with Crippen LogP contribution in [0, 0.1) is 11.8 Å². The van der Waals surface area contributed by atoms with Gasteiger partial charge in [-0.25, -0.2) is 0 Å². The topological polar surface area (TPSA) is 29.4 Å². The van der Waals surface area contributed by atoms with Crippen molar-refractivity contribution >= 4 is 11.5 Å². The molecule has 0 spiro atoms. The molecule has 1 aliphatic carbocycles. The van der Waals surface area contributed by atoms with Crippen molar-refractivity contribution in [2.24, 2.45) is 16.8 Å². The van der Waals surface area contributed by atoms with Gasteiger partial charge in [0.25, 0.3) is 0 Å². The van der Waals surface area contributed by atoms with E-state index in [4.69, 9.17) is 0 Å². The van der Waals surface area contributed by atoms with Gasteiger partial charge in [-0.1, -0.05) is 6.92 Å². The van der Waals surface area contributed by atoms with Crippen molar-refractivity contribution < 1.29 is 4.79 Å². The van der Waals surface area contributed by atoms with Gasteiger partial charge >= 0.3 is 0 Å². The number of hydrogen-bond acceptors (Lipinski definition) is 2. The van der Waals surface area contributed by atoms with Gasteiger partial charge < -0.3 is 0 Å². The number of aliphatic imine (C=N–C) groups is 1. The molecule has 0 N–H and O–H groups in total. The van der Waals surface area contributed by atoms with Crippen LogP contribution in [0.25, 0.3) is 0 Å². The fraction of sp³-hybridized carbons (Fsp3) is 0.778. The van der Waals surface area contributed by atoms with Crippen LogP contribution < -0.4 is 0 Å². The third kappa shape index (κ3) is 0.924. The lowest BCUT2D eigenvalue weighted by molar-refractivity contribution is -0.124. The molecule has 2 heteroatoms. The summed E-state index contributed by atoms with van der Waals surface area (Å²) in [5.41, 5.74) is 1.07. The van der Waals surface area contributed by atoms with Crippen LogP contribution in [0.15, 0.2) is 4.99 Å². The Labute approximate surface area is 66.7 Å². The van der Waals surface area contributed by atoms with Crippen LogP contribution in [0.4, 0.5) is 0 Å². The Kier molecular flexibility index (Phi) is 1.38. The molecule has 0 amide bonds. The minimum atomic E-state index is 0.167. The molecule has 0 radical (unpaired) electrons. The maximum atomic E-state index is 11.4. The summed E-state index contributed by atoms with van der Waals surface area (Å²) in [6, 6.07) is 0.322. The van der Waals surface area contributed by atoms with Crippen molar-refractivity contribution in [1.82, 2.24) is 0 Å². The van der Waals surface area contributed by atoms with E-state index in [0.717, 1.165) is 12.1 Å². The van der Waals surface area contributed by atoms with E-state index in [0.29, 0.717) is 24.2 Å². The molecule has 3 aliphatic rings. The van der Waals surface area contributed by atoms with Crippen LogP contribution in [0.5, 0.6) is 0 Å². The Bertz CT molecular complexity index is 232. The number of carbonyl (C=O) groups excluding carboxylic acids is 1. The van der Waals surface area contributed by atoms with Gasteiger partial charge in [0.05, 0.1) is 12.0 Å². The SMILES string of the molecule is CC1=N[C@H]2CC(=O)[C@@H]1[C@@H](C)C2. The third-order valence-corrected chi connectivity index (χ3v) is 2.83. The van der Waals surface area contributed by atoms with Crippen molar-refractivity contribution in [3.63, 3.8) is 0 Å². The maximum absolute atomic E-state index is 11.4. The van der Waals surface area contributed by atoms with Gasteiger partial charge in [0.15, 0.2) is 0 Å². The molecule has 2 heterocycles. The largest absolute Gasteiger partial charge is 0.299 e. The monoisotopic (exact) mass is 151 g/mol. The molecule has 2 aliphatic heterocycles. The number of fused-ring (bicyclic) bond motifs is 2. The zero-order valence-electron chi connectivity index (χ0n) is 7.00. The molecule has 1 fully saturated rings. The van der Waals surface area contributed by atoms with E-state index in [-0.39, 0.29) is 5.92 Å². The molecule has 1 saturated carbocycles. The summed E-state index contributed by atoms with van der Waals surface area (Å²) >= 11 is 0. The van der Waals surface area contributed by atoms with Crippen LogP contribution in [0.2, 0.25) is 0 Å². The molecule has 3 atom stereocenters. The third-order valence-electron chi connectivity index (χ3n) is 2.83. The Morgan fingerprint density at radius 3 is 2.64 bits per heavy atom. The summed E-state index contributed by atoms with van der Waals surface area (Å²) in [5.74, 6) is 1.12. The van der Waals surface area contributed by atoms with E-state index in [2.05, 4.69) is 11.9 Å². The van der Waals surface area contributed by atoms with Crippen molar-refractivity contribution in [3.05, 3.63) is 0 Å². The number of carbonyl (C=O) groups is 1. The molecule has 2 bridgehead atoms. The molecule has 3 rings (SSSR count). The Balaban J connectivity index is 2.37. The highest BCUT2D eigenvalue weighted by Gasteiger charge is 2.39. The van der Waals surface area contributed by atoms with Gasteiger partial charge in [-0.3, -0.25) is 9.79 Å². The highest BCUT2D eigenvalue weighted by Crippen LogP contribution is 2.34. The first kappa shape index (κ1) is 7.01. The fourth-order valence-electron chi connectivity index (χ4n) is 2.44. The molecular formula is C9H13NO. The van der Waals surface area contributed by atoms with Crippen molar-refractivity contribution in [2.75, 3.05) is 0 Å². The van der Waals surface area contributed by atoms with Crippen LogP contribution in [-0.4, -0.2) is 17.5 Å². The second kappa shape index (κ2) is 2.16. The summed E-state index contributed by atoms with van der Waals surface area (Å²) < 4.78 is 0. The van der Waals surface area contributed by atoms with Crippen LogP contribution in [0.3, 0.4) is 0 Å². The highest BCUT2D eigenvalue weighted by atomic mass is 16.1. The van der Waals surface area contributed by atoms with Gasteiger partial charge in [-0.15, -0.1) is 0 Å². The first-order valence-corrected chi connectivity index (χ1v) is 4.25. The summed E-state index contributed by atoms with van der Waals surface area (Å²) in [6.45, 7) is 4.15. The number of ketones is 1. The average molecular weight is 151 g/mol. The molecule has 2 nitrogen and oxygen atoms in total. The highest BCUT2D eigenvalue weighted by molar-refractivity contribution is 6.07. The summed E-state index contributed by atoms with van der Waals surface area (Å²) in [5, 5.41) is 0. The van der Waals surface area contributed by atoms with Crippen LogP contribution in [-0.2, 0) is 4.79 Å². The van der Waals surface area contributed by atoms with Crippen LogP contribution in [0.1, 0.15) is 26.7 Å². The second-order valence-electron chi connectivity index (χ2n) is 3.79. The molecule has 0 aromatic heterocycles.